The molecule has 2 N–H and O–H groups in total. The van der Waals surface area contributed by atoms with E-state index in [4.69, 9.17) is 0 Å². The molecule has 1 fully saturated rings. The van der Waals surface area contributed by atoms with Crippen LogP contribution in [-0.4, -0.2) is 47.2 Å². The quantitative estimate of drug-likeness (QED) is 0.819. The van der Waals surface area contributed by atoms with Crippen LogP contribution in [-0.2, 0) is 4.79 Å². The van der Waals surface area contributed by atoms with E-state index in [1.54, 1.807) is 42.6 Å². The molecule has 1 aliphatic heterocycles. The smallest absolute Gasteiger partial charge is 0.257 e. The molecule has 0 unspecified atom stereocenters. The van der Waals surface area contributed by atoms with Crippen molar-refractivity contribution in [1.29, 1.82) is 0 Å². The van der Waals surface area contributed by atoms with Crippen molar-refractivity contribution in [3.63, 3.8) is 0 Å². The second kappa shape index (κ2) is 8.93. The van der Waals surface area contributed by atoms with E-state index in [-0.39, 0.29) is 17.7 Å². The van der Waals surface area contributed by atoms with Crippen LogP contribution in [0.4, 0.5) is 5.69 Å². The van der Waals surface area contributed by atoms with Gasteiger partial charge in [-0.1, -0.05) is 6.07 Å². The van der Waals surface area contributed by atoms with Crippen molar-refractivity contribution in [2.24, 2.45) is 0 Å². The molecule has 27 heavy (non-hydrogen) atoms. The molecule has 0 aliphatic carbocycles. The lowest BCUT2D eigenvalue weighted by Crippen LogP contribution is -2.32. The molecule has 0 radical (unpaired) electrons. The van der Waals surface area contributed by atoms with Gasteiger partial charge in [0.2, 0.25) is 5.91 Å². The van der Waals surface area contributed by atoms with Gasteiger partial charge in [-0.2, -0.15) is 0 Å². The molecule has 3 rings (SSSR count). The standard InChI is InChI=1S/C20H22N4O3/c25-18(24-11-1-2-12-24)8-10-22-19(26)15-5-3-7-17(13-15)23-20(27)16-6-4-9-21-14-16/h3-7,9,13-14H,1-2,8,10-12H2,(H,22,26)(H,23,27). The van der Waals surface area contributed by atoms with E-state index in [0.29, 0.717) is 29.8 Å². The summed E-state index contributed by atoms with van der Waals surface area (Å²) in [6.45, 7) is 1.91. The summed E-state index contributed by atoms with van der Waals surface area (Å²) in [7, 11) is 0. The molecule has 1 aromatic carbocycles. The summed E-state index contributed by atoms with van der Waals surface area (Å²) in [5.41, 5.74) is 1.38. The summed E-state index contributed by atoms with van der Waals surface area (Å²) in [4.78, 5) is 42.2. The van der Waals surface area contributed by atoms with Crippen molar-refractivity contribution >= 4 is 23.4 Å². The second-order valence-corrected chi connectivity index (χ2v) is 6.37. The number of rotatable bonds is 6. The molecule has 7 nitrogen and oxygen atoms in total. The predicted molar refractivity (Wildman–Crippen MR) is 101 cm³/mol. The summed E-state index contributed by atoms with van der Waals surface area (Å²) in [6, 6.07) is 10.0. The Hall–Kier alpha value is -3.22. The third-order valence-electron chi connectivity index (χ3n) is 4.39. The third kappa shape index (κ3) is 5.13. The Bertz CT molecular complexity index is 817. The minimum absolute atomic E-state index is 0.0743. The number of aromatic nitrogens is 1. The monoisotopic (exact) mass is 366 g/mol. The van der Waals surface area contributed by atoms with Gasteiger partial charge in [0.05, 0.1) is 5.56 Å². The normalized spacial score (nSPS) is 13.3. The molecule has 1 saturated heterocycles. The Labute approximate surface area is 157 Å². The highest BCUT2D eigenvalue weighted by Gasteiger charge is 2.17. The van der Waals surface area contributed by atoms with E-state index in [0.717, 1.165) is 25.9 Å². The van der Waals surface area contributed by atoms with Gasteiger partial charge >= 0.3 is 0 Å². The molecule has 1 aromatic heterocycles. The molecule has 140 valence electrons. The molecular formula is C20H22N4O3. The highest BCUT2D eigenvalue weighted by molar-refractivity contribution is 6.04. The van der Waals surface area contributed by atoms with Crippen LogP contribution in [0.3, 0.4) is 0 Å². The summed E-state index contributed by atoms with van der Waals surface area (Å²) in [5.74, 6) is -0.496. The van der Waals surface area contributed by atoms with Gasteiger partial charge in [0.1, 0.15) is 0 Å². The predicted octanol–water partition coefficient (Wildman–Crippen LogP) is 2.08. The first-order valence-corrected chi connectivity index (χ1v) is 9.01. The first-order valence-electron chi connectivity index (χ1n) is 9.01. The van der Waals surface area contributed by atoms with Crippen molar-refractivity contribution in [2.75, 3.05) is 25.0 Å². The van der Waals surface area contributed by atoms with E-state index in [1.165, 1.54) is 6.20 Å². The molecular weight excluding hydrogens is 344 g/mol. The van der Waals surface area contributed by atoms with Crippen LogP contribution in [0, 0.1) is 0 Å². The Balaban J connectivity index is 1.52. The SMILES string of the molecule is O=C(NCCC(=O)N1CCCC1)c1cccc(NC(=O)c2cccnc2)c1. The maximum absolute atomic E-state index is 12.3. The molecule has 7 heteroatoms. The van der Waals surface area contributed by atoms with Crippen LogP contribution in [0.15, 0.2) is 48.8 Å². The van der Waals surface area contributed by atoms with Gasteiger partial charge in [-0.05, 0) is 43.2 Å². The van der Waals surface area contributed by atoms with Crippen LogP contribution in [0.5, 0.6) is 0 Å². The van der Waals surface area contributed by atoms with E-state index in [9.17, 15) is 14.4 Å². The number of anilines is 1. The number of hydrogen-bond acceptors (Lipinski definition) is 4. The number of pyridine rings is 1. The lowest BCUT2D eigenvalue weighted by atomic mass is 10.1. The lowest BCUT2D eigenvalue weighted by Gasteiger charge is -2.15. The van der Waals surface area contributed by atoms with Gasteiger partial charge < -0.3 is 15.5 Å². The average molecular weight is 366 g/mol. The van der Waals surface area contributed by atoms with Crippen LogP contribution in [0.25, 0.3) is 0 Å². The number of nitrogens with zero attached hydrogens (tertiary/aromatic N) is 2. The Morgan fingerprint density at radius 1 is 1.00 bits per heavy atom. The summed E-state index contributed by atoms with van der Waals surface area (Å²) < 4.78 is 0. The summed E-state index contributed by atoms with van der Waals surface area (Å²) in [5, 5.41) is 5.50. The highest BCUT2D eigenvalue weighted by Crippen LogP contribution is 2.13. The second-order valence-electron chi connectivity index (χ2n) is 6.37. The van der Waals surface area contributed by atoms with E-state index in [1.807, 2.05) is 4.90 Å². The topological polar surface area (TPSA) is 91.4 Å². The summed E-state index contributed by atoms with van der Waals surface area (Å²) in [6.07, 6.45) is 5.47. The fourth-order valence-electron chi connectivity index (χ4n) is 2.95. The number of amides is 3. The van der Waals surface area contributed by atoms with Gasteiger partial charge in [-0.25, -0.2) is 0 Å². The first-order chi connectivity index (χ1) is 13.1. The number of nitrogens with one attached hydrogen (secondary N) is 2. The van der Waals surface area contributed by atoms with Crippen molar-refractivity contribution in [3.8, 4) is 0 Å². The van der Waals surface area contributed by atoms with Gasteiger partial charge in [-0.3, -0.25) is 19.4 Å². The number of benzene rings is 1. The van der Waals surface area contributed by atoms with Crippen LogP contribution in [0.1, 0.15) is 40.0 Å². The fraction of sp³-hybridized carbons (Fsp3) is 0.300. The molecule has 2 heterocycles. The molecule has 1 aliphatic rings. The minimum atomic E-state index is -0.295. The van der Waals surface area contributed by atoms with Gasteiger partial charge in [0, 0.05) is 49.7 Å². The van der Waals surface area contributed by atoms with Crippen molar-refractivity contribution in [1.82, 2.24) is 15.2 Å². The maximum Gasteiger partial charge on any atom is 0.257 e. The number of carbonyl (C=O) groups excluding carboxylic acids is 3. The largest absolute Gasteiger partial charge is 0.352 e. The fourth-order valence-corrected chi connectivity index (χ4v) is 2.95. The van der Waals surface area contributed by atoms with Crippen molar-refractivity contribution < 1.29 is 14.4 Å². The minimum Gasteiger partial charge on any atom is -0.352 e. The van der Waals surface area contributed by atoms with Gasteiger partial charge in [0.25, 0.3) is 11.8 Å². The maximum atomic E-state index is 12.3. The molecule has 2 aromatic rings. The third-order valence-corrected chi connectivity index (χ3v) is 4.39. The van der Waals surface area contributed by atoms with E-state index >= 15 is 0 Å². The number of carbonyl (C=O) groups is 3. The van der Waals surface area contributed by atoms with Gasteiger partial charge in [-0.15, -0.1) is 0 Å². The van der Waals surface area contributed by atoms with Crippen LogP contribution >= 0.6 is 0 Å². The van der Waals surface area contributed by atoms with Crippen molar-refractivity contribution in [2.45, 2.75) is 19.3 Å². The molecule has 0 spiro atoms. The summed E-state index contributed by atoms with van der Waals surface area (Å²) >= 11 is 0. The van der Waals surface area contributed by atoms with Gasteiger partial charge in [0.15, 0.2) is 0 Å². The van der Waals surface area contributed by atoms with E-state index < -0.39 is 0 Å². The lowest BCUT2D eigenvalue weighted by molar-refractivity contribution is -0.129. The zero-order valence-electron chi connectivity index (χ0n) is 15.0. The highest BCUT2D eigenvalue weighted by atomic mass is 16.2. The zero-order chi connectivity index (χ0) is 19.1. The molecule has 0 atom stereocenters. The average Bonchev–Trinajstić information content (AvgIpc) is 3.23. The molecule has 0 bridgehead atoms. The molecule has 0 saturated carbocycles. The van der Waals surface area contributed by atoms with Crippen LogP contribution < -0.4 is 10.6 Å². The Morgan fingerprint density at radius 2 is 1.78 bits per heavy atom. The number of likely N-dealkylation sites (tertiary alicyclic amines) is 1. The molecule has 3 amide bonds. The van der Waals surface area contributed by atoms with Crippen molar-refractivity contribution in [3.05, 3.63) is 59.9 Å². The Morgan fingerprint density at radius 3 is 2.52 bits per heavy atom. The van der Waals surface area contributed by atoms with E-state index in [2.05, 4.69) is 15.6 Å². The first kappa shape index (κ1) is 18.6. The zero-order valence-corrected chi connectivity index (χ0v) is 15.0. The van der Waals surface area contributed by atoms with Crippen LogP contribution in [0.2, 0.25) is 0 Å². The number of hydrogen-bond donors (Lipinski definition) is 2. The Kier molecular flexibility index (Phi) is 6.14.